The maximum absolute atomic E-state index is 12.8. The first-order chi connectivity index (χ1) is 14.1. The zero-order chi connectivity index (χ0) is 20.2. The van der Waals surface area contributed by atoms with Gasteiger partial charge in [0.1, 0.15) is 0 Å². The van der Waals surface area contributed by atoms with Gasteiger partial charge in [-0.1, -0.05) is 31.0 Å². The minimum absolute atomic E-state index is 0.0612. The Kier molecular flexibility index (Phi) is 5.81. The number of carbonyl (C=O) groups excluding carboxylic acids is 2. The number of anilines is 1. The van der Waals surface area contributed by atoms with Crippen molar-refractivity contribution in [2.75, 3.05) is 18.7 Å². The molecule has 1 aliphatic heterocycles. The van der Waals surface area contributed by atoms with E-state index in [2.05, 4.69) is 10.2 Å². The van der Waals surface area contributed by atoms with Crippen LogP contribution in [-0.4, -0.2) is 36.0 Å². The first-order valence-electron chi connectivity index (χ1n) is 10.1. The first-order valence-corrected chi connectivity index (χ1v) is 10.1. The van der Waals surface area contributed by atoms with E-state index in [1.807, 2.05) is 24.3 Å². The number of nitrogens with one attached hydrogen (secondary N) is 1. The number of amides is 1. The zero-order valence-electron chi connectivity index (χ0n) is 16.6. The van der Waals surface area contributed by atoms with E-state index in [-0.39, 0.29) is 25.0 Å². The van der Waals surface area contributed by atoms with Crippen LogP contribution in [0.15, 0.2) is 42.5 Å². The summed E-state index contributed by atoms with van der Waals surface area (Å²) >= 11 is 0. The summed E-state index contributed by atoms with van der Waals surface area (Å²) in [6, 6.07) is 13.5. The quantitative estimate of drug-likeness (QED) is 0.719. The second-order valence-corrected chi connectivity index (χ2v) is 7.68. The highest BCUT2D eigenvalue weighted by molar-refractivity contribution is 6.04. The van der Waals surface area contributed by atoms with Crippen molar-refractivity contribution in [3.8, 4) is 11.5 Å². The highest BCUT2D eigenvalue weighted by Gasteiger charge is 2.25. The summed E-state index contributed by atoms with van der Waals surface area (Å²) in [6.07, 6.45) is 4.58. The lowest BCUT2D eigenvalue weighted by molar-refractivity contribution is -0.118. The fourth-order valence-electron chi connectivity index (χ4n) is 4.13. The van der Waals surface area contributed by atoms with Crippen molar-refractivity contribution in [2.45, 2.75) is 45.2 Å². The summed E-state index contributed by atoms with van der Waals surface area (Å²) in [4.78, 5) is 26.9. The van der Waals surface area contributed by atoms with Gasteiger partial charge in [0.15, 0.2) is 17.3 Å². The minimum atomic E-state index is -0.105. The number of rotatable bonds is 7. The SMILES string of the molecule is CC(=O)c1ccccc1NC(=O)CN(Cc1ccc2c(c1)OCO2)C1CCCC1. The molecule has 4 rings (SSSR count). The number of ether oxygens (including phenoxy) is 2. The van der Waals surface area contributed by atoms with Crippen molar-refractivity contribution in [2.24, 2.45) is 0 Å². The number of fused-ring (bicyclic) bond motifs is 1. The molecule has 2 aliphatic rings. The molecule has 0 atom stereocenters. The second kappa shape index (κ2) is 8.66. The van der Waals surface area contributed by atoms with Gasteiger partial charge in [0.25, 0.3) is 0 Å². The summed E-state index contributed by atoms with van der Waals surface area (Å²) in [5, 5.41) is 2.93. The lowest BCUT2D eigenvalue weighted by Gasteiger charge is -2.28. The molecule has 1 saturated carbocycles. The molecule has 152 valence electrons. The number of Topliss-reactive ketones (excluding diaryl/α,β-unsaturated/α-hetero) is 1. The van der Waals surface area contributed by atoms with Crippen molar-refractivity contribution < 1.29 is 19.1 Å². The maximum atomic E-state index is 12.8. The summed E-state index contributed by atoms with van der Waals surface area (Å²) < 4.78 is 10.9. The smallest absolute Gasteiger partial charge is 0.238 e. The van der Waals surface area contributed by atoms with Gasteiger partial charge in [-0.2, -0.15) is 0 Å². The van der Waals surface area contributed by atoms with Crippen LogP contribution in [0.1, 0.15) is 48.5 Å². The average molecular weight is 394 g/mol. The number of hydrogen-bond acceptors (Lipinski definition) is 5. The molecule has 0 saturated heterocycles. The monoisotopic (exact) mass is 394 g/mol. The Morgan fingerprint density at radius 1 is 1.07 bits per heavy atom. The van der Waals surface area contributed by atoms with Gasteiger partial charge in [-0.25, -0.2) is 0 Å². The van der Waals surface area contributed by atoms with Gasteiger partial charge < -0.3 is 14.8 Å². The van der Waals surface area contributed by atoms with E-state index in [0.29, 0.717) is 23.8 Å². The Bertz CT molecular complexity index is 906. The lowest BCUT2D eigenvalue weighted by Crippen LogP contribution is -2.39. The number of carbonyl (C=O) groups is 2. The van der Waals surface area contributed by atoms with Gasteiger partial charge in [-0.15, -0.1) is 0 Å². The van der Waals surface area contributed by atoms with E-state index >= 15 is 0 Å². The minimum Gasteiger partial charge on any atom is -0.454 e. The third-order valence-corrected chi connectivity index (χ3v) is 5.59. The number of ketones is 1. The molecule has 2 aromatic rings. The summed E-state index contributed by atoms with van der Waals surface area (Å²) in [7, 11) is 0. The molecule has 1 amide bonds. The summed E-state index contributed by atoms with van der Waals surface area (Å²) in [5.41, 5.74) is 2.20. The van der Waals surface area contributed by atoms with E-state index < -0.39 is 0 Å². The van der Waals surface area contributed by atoms with Crippen LogP contribution in [0.4, 0.5) is 5.69 Å². The standard InChI is InChI=1S/C23H26N2O4/c1-16(26)19-8-4-5-9-20(19)24-23(27)14-25(18-6-2-3-7-18)13-17-10-11-21-22(12-17)29-15-28-21/h4-5,8-12,18H,2-3,6-7,13-15H2,1H3,(H,24,27). The molecular formula is C23H26N2O4. The van der Waals surface area contributed by atoms with Crippen molar-refractivity contribution in [1.29, 1.82) is 0 Å². The van der Waals surface area contributed by atoms with Crippen molar-refractivity contribution in [3.63, 3.8) is 0 Å². The van der Waals surface area contributed by atoms with Crippen LogP contribution in [0.25, 0.3) is 0 Å². The van der Waals surface area contributed by atoms with Crippen molar-refractivity contribution in [1.82, 2.24) is 4.90 Å². The Hall–Kier alpha value is -2.86. The van der Waals surface area contributed by atoms with Crippen LogP contribution in [-0.2, 0) is 11.3 Å². The normalized spacial score (nSPS) is 15.7. The fraction of sp³-hybridized carbons (Fsp3) is 0.391. The van der Waals surface area contributed by atoms with E-state index in [1.165, 1.54) is 19.8 Å². The molecule has 0 bridgehead atoms. The molecule has 6 heteroatoms. The van der Waals surface area contributed by atoms with Gasteiger partial charge in [0.05, 0.1) is 12.2 Å². The van der Waals surface area contributed by atoms with Gasteiger partial charge >= 0.3 is 0 Å². The number of para-hydroxylation sites is 1. The highest BCUT2D eigenvalue weighted by Crippen LogP contribution is 2.33. The Balaban J connectivity index is 1.47. The first kappa shape index (κ1) is 19.5. The topological polar surface area (TPSA) is 67.9 Å². The Morgan fingerprint density at radius 3 is 2.62 bits per heavy atom. The van der Waals surface area contributed by atoms with Gasteiger partial charge in [0, 0.05) is 18.2 Å². The predicted octanol–water partition coefficient (Wildman–Crippen LogP) is 4.00. The molecule has 1 aliphatic carbocycles. The largest absolute Gasteiger partial charge is 0.454 e. The van der Waals surface area contributed by atoms with Crippen molar-refractivity contribution >= 4 is 17.4 Å². The van der Waals surface area contributed by atoms with Crippen LogP contribution < -0.4 is 14.8 Å². The number of hydrogen-bond donors (Lipinski definition) is 1. The molecule has 0 spiro atoms. The van der Waals surface area contributed by atoms with Crippen LogP contribution in [0.2, 0.25) is 0 Å². The number of nitrogens with zero attached hydrogens (tertiary/aromatic N) is 1. The third kappa shape index (κ3) is 4.59. The molecule has 1 heterocycles. The van der Waals surface area contributed by atoms with E-state index in [9.17, 15) is 9.59 Å². The molecule has 1 N–H and O–H groups in total. The van der Waals surface area contributed by atoms with Crippen LogP contribution in [0.3, 0.4) is 0 Å². The second-order valence-electron chi connectivity index (χ2n) is 7.68. The van der Waals surface area contributed by atoms with Crippen LogP contribution >= 0.6 is 0 Å². The molecule has 6 nitrogen and oxygen atoms in total. The Morgan fingerprint density at radius 2 is 1.83 bits per heavy atom. The molecule has 1 fully saturated rings. The zero-order valence-corrected chi connectivity index (χ0v) is 16.6. The van der Waals surface area contributed by atoms with Gasteiger partial charge in [0.2, 0.25) is 12.7 Å². The molecule has 0 radical (unpaired) electrons. The lowest BCUT2D eigenvalue weighted by atomic mass is 10.1. The molecule has 29 heavy (non-hydrogen) atoms. The molecule has 0 unspecified atom stereocenters. The maximum Gasteiger partial charge on any atom is 0.238 e. The predicted molar refractivity (Wildman–Crippen MR) is 110 cm³/mol. The van der Waals surface area contributed by atoms with E-state index in [1.54, 1.807) is 18.2 Å². The van der Waals surface area contributed by atoms with Gasteiger partial charge in [-0.3, -0.25) is 14.5 Å². The van der Waals surface area contributed by atoms with Crippen LogP contribution in [0, 0.1) is 0 Å². The van der Waals surface area contributed by atoms with E-state index in [4.69, 9.17) is 9.47 Å². The van der Waals surface area contributed by atoms with Gasteiger partial charge in [-0.05, 0) is 49.6 Å². The van der Waals surface area contributed by atoms with E-state index in [0.717, 1.165) is 29.9 Å². The molecule has 2 aromatic carbocycles. The Labute approximate surface area is 170 Å². The highest BCUT2D eigenvalue weighted by atomic mass is 16.7. The van der Waals surface area contributed by atoms with Crippen LogP contribution in [0.5, 0.6) is 11.5 Å². The fourth-order valence-corrected chi connectivity index (χ4v) is 4.13. The number of benzene rings is 2. The summed E-state index contributed by atoms with van der Waals surface area (Å²) in [5.74, 6) is 1.36. The van der Waals surface area contributed by atoms with Crippen molar-refractivity contribution in [3.05, 3.63) is 53.6 Å². The average Bonchev–Trinajstić information content (AvgIpc) is 3.39. The molecule has 0 aromatic heterocycles. The summed E-state index contributed by atoms with van der Waals surface area (Å²) in [6.45, 7) is 2.72. The molecular weight excluding hydrogens is 368 g/mol. The third-order valence-electron chi connectivity index (χ3n) is 5.59.